The lowest BCUT2D eigenvalue weighted by molar-refractivity contribution is 0.0350. The SMILES string of the molecule is Cc1ccc(O[Si](OCC(C)N)(OCC(C)N)Oc2ccc(N)cc2)cc1. The summed E-state index contributed by atoms with van der Waals surface area (Å²) < 4.78 is 24.2. The third kappa shape index (κ3) is 7.20. The molecule has 0 aromatic heterocycles. The van der Waals surface area contributed by atoms with Crippen LogP contribution < -0.4 is 26.1 Å². The van der Waals surface area contributed by atoms with Crippen LogP contribution in [0.15, 0.2) is 48.5 Å². The number of anilines is 1. The van der Waals surface area contributed by atoms with E-state index in [-0.39, 0.29) is 25.3 Å². The van der Waals surface area contributed by atoms with Crippen molar-refractivity contribution in [1.29, 1.82) is 0 Å². The highest BCUT2D eigenvalue weighted by atomic mass is 28.4. The van der Waals surface area contributed by atoms with Crippen molar-refractivity contribution in [1.82, 2.24) is 0 Å². The normalized spacial score (nSPS) is 15.6. The smallest absolute Gasteiger partial charge is 0.471 e. The molecule has 2 atom stereocenters. The Morgan fingerprint density at radius 2 is 1.19 bits per heavy atom. The van der Waals surface area contributed by atoms with E-state index in [4.69, 9.17) is 34.9 Å². The lowest BCUT2D eigenvalue weighted by Crippen LogP contribution is -2.57. The van der Waals surface area contributed by atoms with Gasteiger partial charge in [0.2, 0.25) is 0 Å². The van der Waals surface area contributed by atoms with Crippen molar-refractivity contribution in [3.05, 3.63) is 54.1 Å². The van der Waals surface area contributed by atoms with Gasteiger partial charge in [0.05, 0.1) is 13.2 Å². The van der Waals surface area contributed by atoms with Gasteiger partial charge in [-0.2, -0.15) is 0 Å². The first-order chi connectivity index (χ1) is 12.8. The van der Waals surface area contributed by atoms with Gasteiger partial charge in [0.15, 0.2) is 0 Å². The van der Waals surface area contributed by atoms with Crippen molar-refractivity contribution in [2.24, 2.45) is 11.5 Å². The fourth-order valence-electron chi connectivity index (χ4n) is 2.08. The van der Waals surface area contributed by atoms with Gasteiger partial charge in [0.25, 0.3) is 0 Å². The Labute approximate surface area is 161 Å². The molecule has 0 heterocycles. The third-order valence-corrected chi connectivity index (χ3v) is 5.44. The highest BCUT2D eigenvalue weighted by Crippen LogP contribution is 2.24. The zero-order valence-corrected chi connectivity index (χ0v) is 17.1. The second-order valence-corrected chi connectivity index (χ2v) is 8.65. The second kappa shape index (κ2) is 9.72. The number of aryl methyl sites for hydroxylation is 1. The van der Waals surface area contributed by atoms with Crippen LogP contribution in [0.1, 0.15) is 19.4 Å². The Morgan fingerprint density at radius 1 is 0.778 bits per heavy atom. The van der Waals surface area contributed by atoms with Gasteiger partial charge >= 0.3 is 9.05 Å². The van der Waals surface area contributed by atoms with Crippen LogP contribution in [0.5, 0.6) is 11.5 Å². The summed E-state index contributed by atoms with van der Waals surface area (Å²) in [6, 6.07) is 14.1. The highest BCUT2D eigenvalue weighted by Gasteiger charge is 2.52. The van der Waals surface area contributed by atoms with E-state index in [0.717, 1.165) is 5.56 Å². The Morgan fingerprint density at radius 3 is 1.59 bits per heavy atom. The van der Waals surface area contributed by atoms with Gasteiger partial charge in [-0.15, -0.1) is 0 Å². The van der Waals surface area contributed by atoms with Gasteiger partial charge in [-0.3, -0.25) is 0 Å². The summed E-state index contributed by atoms with van der Waals surface area (Å²) >= 11 is 0. The van der Waals surface area contributed by atoms with Crippen molar-refractivity contribution in [2.75, 3.05) is 18.9 Å². The molecule has 2 aromatic rings. The van der Waals surface area contributed by atoms with Crippen molar-refractivity contribution < 1.29 is 17.7 Å². The molecule has 0 radical (unpaired) electrons. The number of hydrogen-bond acceptors (Lipinski definition) is 7. The molecule has 0 saturated heterocycles. The first kappa shape index (κ1) is 21.2. The van der Waals surface area contributed by atoms with Gasteiger partial charge in [0.1, 0.15) is 11.5 Å². The topological polar surface area (TPSA) is 115 Å². The van der Waals surface area contributed by atoms with Crippen LogP contribution in [0.4, 0.5) is 5.69 Å². The number of nitrogen functional groups attached to an aromatic ring is 1. The summed E-state index contributed by atoms with van der Waals surface area (Å²) in [4.78, 5) is 0. The predicted molar refractivity (Wildman–Crippen MR) is 108 cm³/mol. The largest absolute Gasteiger partial charge is 0.820 e. The molecule has 0 bridgehead atoms. The van der Waals surface area contributed by atoms with Gasteiger partial charge < -0.3 is 34.9 Å². The molecular formula is C19H29N3O4Si. The summed E-state index contributed by atoms with van der Waals surface area (Å²) in [5, 5.41) is 0. The molecule has 148 valence electrons. The molecule has 0 amide bonds. The summed E-state index contributed by atoms with van der Waals surface area (Å²) in [7, 11) is -3.64. The van der Waals surface area contributed by atoms with Crippen molar-refractivity contribution in [2.45, 2.75) is 32.9 Å². The van der Waals surface area contributed by atoms with E-state index in [1.807, 2.05) is 45.0 Å². The van der Waals surface area contributed by atoms with E-state index in [0.29, 0.717) is 17.2 Å². The Kier molecular flexibility index (Phi) is 7.63. The lowest BCUT2D eigenvalue weighted by atomic mass is 10.2. The van der Waals surface area contributed by atoms with Crippen LogP contribution in [0.3, 0.4) is 0 Å². The van der Waals surface area contributed by atoms with Crippen molar-refractivity contribution in [3.63, 3.8) is 0 Å². The first-order valence-electron chi connectivity index (χ1n) is 8.87. The van der Waals surface area contributed by atoms with Gasteiger partial charge in [0, 0.05) is 17.8 Å². The summed E-state index contributed by atoms with van der Waals surface area (Å²) in [6.07, 6.45) is 0. The van der Waals surface area contributed by atoms with Gasteiger partial charge in [-0.05, 0) is 57.2 Å². The van der Waals surface area contributed by atoms with E-state index in [1.54, 1.807) is 24.3 Å². The minimum absolute atomic E-state index is 0.214. The summed E-state index contributed by atoms with van der Waals surface area (Å²) in [6.45, 7) is 6.09. The monoisotopic (exact) mass is 391 g/mol. The summed E-state index contributed by atoms with van der Waals surface area (Å²) in [5.41, 5.74) is 19.2. The molecule has 8 heteroatoms. The van der Waals surface area contributed by atoms with E-state index in [1.165, 1.54) is 0 Å². The van der Waals surface area contributed by atoms with Crippen LogP contribution in [-0.4, -0.2) is 34.3 Å². The average Bonchev–Trinajstić information content (AvgIpc) is 2.62. The second-order valence-electron chi connectivity index (χ2n) is 6.66. The zero-order valence-electron chi connectivity index (χ0n) is 16.1. The molecular weight excluding hydrogens is 362 g/mol. The van der Waals surface area contributed by atoms with Crippen molar-refractivity contribution >= 4 is 14.7 Å². The average molecular weight is 392 g/mol. The number of hydrogen-bond donors (Lipinski definition) is 3. The quantitative estimate of drug-likeness (QED) is 0.420. The van der Waals surface area contributed by atoms with Crippen LogP contribution in [0, 0.1) is 6.92 Å². The van der Waals surface area contributed by atoms with Crippen molar-refractivity contribution in [3.8, 4) is 11.5 Å². The van der Waals surface area contributed by atoms with Gasteiger partial charge in [-0.1, -0.05) is 17.7 Å². The number of rotatable bonds is 10. The molecule has 0 aliphatic heterocycles. The minimum Gasteiger partial charge on any atom is -0.471 e. The molecule has 6 N–H and O–H groups in total. The Hall–Kier alpha value is -2.10. The van der Waals surface area contributed by atoms with E-state index in [2.05, 4.69) is 0 Å². The molecule has 0 aliphatic rings. The molecule has 27 heavy (non-hydrogen) atoms. The molecule has 0 aliphatic carbocycles. The number of nitrogens with two attached hydrogens (primary N) is 3. The molecule has 7 nitrogen and oxygen atoms in total. The molecule has 2 unspecified atom stereocenters. The standard InChI is InChI=1S/C19H29N3O4Si/c1-14-4-8-18(9-5-14)25-27(23-12-15(2)20,24-13-16(3)21)26-19-10-6-17(22)7-11-19/h4-11,15-16H,12-13,20-22H2,1-3H3. The van der Waals surface area contributed by atoms with Crippen LogP contribution in [0.2, 0.25) is 0 Å². The highest BCUT2D eigenvalue weighted by molar-refractivity contribution is 6.55. The lowest BCUT2D eigenvalue weighted by Gasteiger charge is -2.29. The first-order valence-corrected chi connectivity index (χ1v) is 10.5. The Bertz CT molecular complexity index is 632. The minimum atomic E-state index is -3.64. The number of benzene rings is 2. The fourth-order valence-corrected chi connectivity index (χ4v) is 4.22. The zero-order chi connectivity index (χ0) is 19.9. The maximum atomic E-state index is 6.12. The predicted octanol–water partition coefficient (Wildman–Crippen LogP) is 2.20. The van der Waals surface area contributed by atoms with Crippen LogP contribution in [-0.2, 0) is 8.85 Å². The molecule has 0 saturated carbocycles. The van der Waals surface area contributed by atoms with E-state index >= 15 is 0 Å². The third-order valence-electron chi connectivity index (χ3n) is 3.43. The van der Waals surface area contributed by atoms with Crippen LogP contribution >= 0.6 is 0 Å². The Balaban J connectivity index is 2.32. The van der Waals surface area contributed by atoms with E-state index in [9.17, 15) is 0 Å². The molecule has 2 rings (SSSR count). The van der Waals surface area contributed by atoms with Gasteiger partial charge in [-0.25, -0.2) is 0 Å². The maximum Gasteiger partial charge on any atom is 0.820 e. The molecule has 2 aromatic carbocycles. The molecule has 0 fully saturated rings. The summed E-state index contributed by atoms with van der Waals surface area (Å²) in [5.74, 6) is 1.11. The van der Waals surface area contributed by atoms with E-state index < -0.39 is 9.05 Å². The van der Waals surface area contributed by atoms with Crippen LogP contribution in [0.25, 0.3) is 0 Å². The fraction of sp³-hybridized carbons (Fsp3) is 0.368. The molecule has 0 spiro atoms. The maximum absolute atomic E-state index is 6.12.